The summed E-state index contributed by atoms with van der Waals surface area (Å²) in [5.74, 6) is -0.484. The van der Waals surface area contributed by atoms with Gasteiger partial charge in [0.25, 0.3) is 0 Å². The summed E-state index contributed by atoms with van der Waals surface area (Å²) in [6.07, 6.45) is 8.33. The van der Waals surface area contributed by atoms with Crippen molar-refractivity contribution in [2.75, 3.05) is 0 Å². The topological polar surface area (TPSA) is 99.3 Å². The zero-order chi connectivity index (χ0) is 24.0. The molecule has 35 heavy (non-hydrogen) atoms. The van der Waals surface area contributed by atoms with Gasteiger partial charge in [-0.25, -0.2) is 9.50 Å². The monoisotopic (exact) mass is 459 g/mol. The van der Waals surface area contributed by atoms with Gasteiger partial charge in [0, 0.05) is 34.3 Å². The van der Waals surface area contributed by atoms with Gasteiger partial charge in [0.05, 0.1) is 11.2 Å². The number of benzene rings is 3. The normalized spacial score (nSPS) is 15.0. The van der Waals surface area contributed by atoms with E-state index in [1.54, 1.807) is 6.08 Å². The largest absolute Gasteiger partial charge is 0.366 e. The van der Waals surface area contributed by atoms with E-state index < -0.39 is 5.91 Å². The smallest absolute Gasteiger partial charge is 0.241 e. The predicted octanol–water partition coefficient (Wildman–Crippen LogP) is 5.05. The Bertz CT molecular complexity index is 1600. The van der Waals surface area contributed by atoms with E-state index in [2.05, 4.69) is 36.4 Å². The van der Waals surface area contributed by atoms with Crippen LogP contribution in [0.25, 0.3) is 45.0 Å². The number of carbonyl (C=O) groups is 1. The molecule has 5 aromatic rings. The molecule has 1 aliphatic carbocycles. The first-order chi connectivity index (χ1) is 17.0. The molecule has 6 heteroatoms. The Morgan fingerprint density at radius 3 is 2.43 bits per heavy atom. The Morgan fingerprint density at radius 1 is 0.971 bits per heavy atom. The number of carbonyl (C=O) groups excluding carboxylic acids is 1. The van der Waals surface area contributed by atoms with Gasteiger partial charge in [0.2, 0.25) is 5.91 Å². The van der Waals surface area contributed by atoms with Crippen LogP contribution in [0.2, 0.25) is 0 Å². The second kappa shape index (κ2) is 8.18. The van der Waals surface area contributed by atoms with Gasteiger partial charge in [-0.15, -0.1) is 0 Å². The van der Waals surface area contributed by atoms with Crippen molar-refractivity contribution in [3.63, 3.8) is 0 Å². The fourth-order valence-corrected chi connectivity index (χ4v) is 4.80. The molecule has 0 saturated heterocycles. The van der Waals surface area contributed by atoms with Gasteiger partial charge in [-0.05, 0) is 54.2 Å². The fraction of sp³-hybridized carbons (Fsp3) is 0.138. The molecule has 0 spiro atoms. The summed E-state index contributed by atoms with van der Waals surface area (Å²) in [6.45, 7) is 0. The minimum Gasteiger partial charge on any atom is -0.366 e. The van der Waals surface area contributed by atoms with Crippen LogP contribution in [0.15, 0.2) is 85.1 Å². The molecule has 6 rings (SSSR count). The second-order valence-corrected chi connectivity index (χ2v) is 9.24. The highest BCUT2D eigenvalue weighted by atomic mass is 16.1. The number of nitrogens with two attached hydrogens (primary N) is 2. The summed E-state index contributed by atoms with van der Waals surface area (Å²) in [5, 5.41) is 5.67. The number of primary amides is 1. The molecule has 2 heterocycles. The molecule has 0 unspecified atom stereocenters. The average Bonchev–Trinajstić information content (AvgIpc) is 3.23. The van der Waals surface area contributed by atoms with Crippen LogP contribution in [0.3, 0.4) is 0 Å². The molecule has 6 nitrogen and oxygen atoms in total. The van der Waals surface area contributed by atoms with Gasteiger partial charge in [-0.2, -0.15) is 5.10 Å². The van der Waals surface area contributed by atoms with Crippen molar-refractivity contribution >= 4 is 28.5 Å². The van der Waals surface area contributed by atoms with Gasteiger partial charge < -0.3 is 11.5 Å². The molecule has 0 radical (unpaired) electrons. The van der Waals surface area contributed by atoms with Crippen LogP contribution in [-0.2, 0) is 10.3 Å². The molecule has 3 aromatic carbocycles. The molecule has 2 aromatic heterocycles. The van der Waals surface area contributed by atoms with Crippen LogP contribution in [0.4, 0.5) is 0 Å². The fourth-order valence-electron chi connectivity index (χ4n) is 4.80. The van der Waals surface area contributed by atoms with E-state index in [0.717, 1.165) is 57.3 Å². The van der Waals surface area contributed by atoms with Crippen molar-refractivity contribution in [3.8, 4) is 22.4 Å². The van der Waals surface area contributed by atoms with E-state index in [9.17, 15) is 4.79 Å². The van der Waals surface area contributed by atoms with Gasteiger partial charge in [-0.3, -0.25) is 4.79 Å². The number of hydrogen-bond donors (Lipinski definition) is 2. The van der Waals surface area contributed by atoms with Gasteiger partial charge in [0.15, 0.2) is 5.65 Å². The average molecular weight is 460 g/mol. The number of aromatic nitrogens is 3. The lowest BCUT2D eigenvalue weighted by Gasteiger charge is -2.38. The van der Waals surface area contributed by atoms with E-state index in [1.165, 1.54) is 18.1 Å². The molecule has 4 N–H and O–H groups in total. The van der Waals surface area contributed by atoms with E-state index >= 15 is 0 Å². The van der Waals surface area contributed by atoms with Crippen LogP contribution in [0.1, 0.15) is 30.4 Å². The number of nitrogens with zero attached hydrogens (tertiary/aromatic N) is 3. The van der Waals surface area contributed by atoms with Crippen molar-refractivity contribution in [2.45, 2.75) is 24.8 Å². The summed E-state index contributed by atoms with van der Waals surface area (Å²) < 4.78 is 1.83. The molecular weight excluding hydrogens is 434 g/mol. The molecule has 172 valence electrons. The van der Waals surface area contributed by atoms with Crippen molar-refractivity contribution in [3.05, 3.63) is 96.2 Å². The van der Waals surface area contributed by atoms with Gasteiger partial charge in [-0.1, -0.05) is 60.7 Å². The summed E-state index contributed by atoms with van der Waals surface area (Å²) in [5.41, 5.74) is 19.2. The summed E-state index contributed by atoms with van der Waals surface area (Å²) >= 11 is 0. The van der Waals surface area contributed by atoms with E-state index in [0.29, 0.717) is 0 Å². The van der Waals surface area contributed by atoms with Crippen molar-refractivity contribution in [1.29, 1.82) is 0 Å². The van der Waals surface area contributed by atoms with E-state index in [1.807, 2.05) is 47.1 Å². The third kappa shape index (κ3) is 3.78. The highest BCUT2D eigenvalue weighted by Gasteiger charge is 2.34. The zero-order valence-electron chi connectivity index (χ0n) is 19.2. The van der Waals surface area contributed by atoms with Crippen molar-refractivity contribution in [2.24, 2.45) is 11.5 Å². The third-order valence-electron chi connectivity index (χ3n) is 6.92. The third-order valence-corrected chi connectivity index (χ3v) is 6.92. The van der Waals surface area contributed by atoms with Crippen LogP contribution in [0, 0.1) is 0 Å². The first-order valence-electron chi connectivity index (χ1n) is 11.8. The van der Waals surface area contributed by atoms with Crippen LogP contribution in [0.5, 0.6) is 0 Å². The Morgan fingerprint density at radius 2 is 1.74 bits per heavy atom. The predicted molar refractivity (Wildman–Crippen MR) is 139 cm³/mol. The Hall–Kier alpha value is -4.29. The lowest BCUT2D eigenvalue weighted by atomic mass is 9.72. The highest BCUT2D eigenvalue weighted by Crippen LogP contribution is 2.40. The maximum Gasteiger partial charge on any atom is 0.241 e. The first-order valence-corrected chi connectivity index (χ1v) is 11.8. The molecule has 0 aliphatic heterocycles. The minimum atomic E-state index is -0.484. The maximum atomic E-state index is 11.2. The molecular formula is C29H25N5O. The zero-order valence-corrected chi connectivity index (χ0v) is 19.2. The lowest BCUT2D eigenvalue weighted by molar-refractivity contribution is -0.113. The second-order valence-electron chi connectivity index (χ2n) is 9.24. The number of hydrogen-bond acceptors (Lipinski definition) is 4. The van der Waals surface area contributed by atoms with Crippen LogP contribution < -0.4 is 11.5 Å². The molecule has 1 saturated carbocycles. The highest BCUT2D eigenvalue weighted by molar-refractivity contribution is 5.96. The Labute approximate surface area is 202 Å². The van der Waals surface area contributed by atoms with E-state index in [4.69, 9.17) is 21.5 Å². The SMILES string of the molecule is NC(=O)/C=C/c1ccc2nn3cc(-c4ccccc4)c(-c4ccc(C5(N)CCC5)cc4)nc3c2c1. The number of rotatable bonds is 5. The summed E-state index contributed by atoms with van der Waals surface area (Å²) in [4.78, 5) is 16.3. The standard InChI is InChI=1S/C29H25N5O/c30-26(35)14-8-19-7-13-25-23(17-19)28-32-27(21-9-11-22(12-10-21)29(31)15-4-16-29)24(18-34(28)33-25)20-5-2-1-3-6-20/h1-3,5-14,17-18H,4,15-16,31H2,(H2,30,35)/b14-8+. The molecule has 0 bridgehead atoms. The lowest BCUT2D eigenvalue weighted by Crippen LogP contribution is -2.43. The maximum absolute atomic E-state index is 11.2. The summed E-state index contributed by atoms with van der Waals surface area (Å²) in [6, 6.07) is 24.6. The van der Waals surface area contributed by atoms with Crippen molar-refractivity contribution in [1.82, 2.24) is 14.6 Å². The van der Waals surface area contributed by atoms with Gasteiger partial charge >= 0.3 is 0 Å². The van der Waals surface area contributed by atoms with Crippen LogP contribution in [-0.4, -0.2) is 20.5 Å². The van der Waals surface area contributed by atoms with E-state index in [-0.39, 0.29) is 5.54 Å². The Balaban J connectivity index is 1.54. The Kier molecular flexibility index (Phi) is 4.97. The molecule has 0 atom stereocenters. The van der Waals surface area contributed by atoms with Gasteiger partial charge in [0.1, 0.15) is 0 Å². The number of amides is 1. The van der Waals surface area contributed by atoms with Crippen molar-refractivity contribution < 1.29 is 4.79 Å². The minimum absolute atomic E-state index is 0.200. The number of fused-ring (bicyclic) bond motifs is 3. The quantitative estimate of drug-likeness (QED) is 0.359. The van der Waals surface area contributed by atoms with Crippen LogP contribution >= 0.6 is 0 Å². The summed E-state index contributed by atoms with van der Waals surface area (Å²) in [7, 11) is 0. The molecule has 1 aliphatic rings. The first kappa shape index (κ1) is 21.3. The molecule has 1 amide bonds. The molecule has 1 fully saturated rings.